The first-order valence-electron chi connectivity index (χ1n) is 5.57. The van der Waals surface area contributed by atoms with Crippen molar-refractivity contribution in [1.29, 1.82) is 5.26 Å². The first-order valence-corrected chi connectivity index (χ1v) is 5.57. The van der Waals surface area contributed by atoms with E-state index in [9.17, 15) is 14.4 Å². The Bertz CT molecular complexity index is 618. The van der Waals surface area contributed by atoms with Gasteiger partial charge in [-0.25, -0.2) is 4.79 Å². The molecule has 1 saturated carbocycles. The Morgan fingerprint density at radius 1 is 1.56 bits per heavy atom. The molecule has 94 valence electrons. The van der Waals surface area contributed by atoms with Crippen LogP contribution in [0.15, 0.2) is 21.9 Å². The lowest BCUT2D eigenvalue weighted by molar-refractivity contribution is -0.124. The van der Waals surface area contributed by atoms with Crippen LogP contribution in [0.2, 0.25) is 0 Å². The summed E-state index contributed by atoms with van der Waals surface area (Å²) in [5.41, 5.74) is -1.82. The van der Waals surface area contributed by atoms with Crippen LogP contribution in [0.5, 0.6) is 0 Å². The van der Waals surface area contributed by atoms with Crippen LogP contribution in [-0.2, 0) is 11.3 Å². The summed E-state index contributed by atoms with van der Waals surface area (Å²) in [6.45, 7) is 0.497. The highest BCUT2D eigenvalue weighted by Gasteiger charge is 2.50. The van der Waals surface area contributed by atoms with Crippen molar-refractivity contribution in [1.82, 2.24) is 14.9 Å². The molecule has 1 aliphatic rings. The number of carbonyl (C=O) groups excluding carboxylic acids is 1. The van der Waals surface area contributed by atoms with Gasteiger partial charge in [-0.05, 0) is 12.8 Å². The molecule has 0 aliphatic heterocycles. The van der Waals surface area contributed by atoms with Crippen molar-refractivity contribution in [3.05, 3.63) is 33.1 Å². The Morgan fingerprint density at radius 3 is 2.83 bits per heavy atom. The largest absolute Gasteiger partial charge is 0.353 e. The van der Waals surface area contributed by atoms with Gasteiger partial charge < -0.3 is 5.32 Å². The standard InChI is InChI=1S/C11H12N4O3/c12-7-11(2-3-11)9(17)13-4-6-15-5-1-8(16)14-10(15)18/h1,5H,2-4,6H2,(H,13,17)(H,14,16,18). The first kappa shape index (κ1) is 12.1. The van der Waals surface area contributed by atoms with Crippen molar-refractivity contribution in [2.24, 2.45) is 5.41 Å². The van der Waals surface area contributed by atoms with E-state index in [1.807, 2.05) is 6.07 Å². The van der Waals surface area contributed by atoms with E-state index in [0.29, 0.717) is 12.8 Å². The molecule has 0 saturated heterocycles. The van der Waals surface area contributed by atoms with Crippen LogP contribution < -0.4 is 16.6 Å². The van der Waals surface area contributed by atoms with Crippen molar-refractivity contribution >= 4 is 5.91 Å². The van der Waals surface area contributed by atoms with Crippen molar-refractivity contribution in [3.63, 3.8) is 0 Å². The number of nitriles is 1. The minimum absolute atomic E-state index is 0.244. The predicted molar refractivity (Wildman–Crippen MR) is 61.6 cm³/mol. The summed E-state index contributed by atoms with van der Waals surface area (Å²) < 4.78 is 1.29. The van der Waals surface area contributed by atoms with Gasteiger partial charge in [0.2, 0.25) is 5.91 Å². The molecule has 2 rings (SSSR count). The molecule has 1 aliphatic carbocycles. The Balaban J connectivity index is 1.90. The van der Waals surface area contributed by atoms with E-state index < -0.39 is 16.7 Å². The number of aromatic amines is 1. The average Bonchev–Trinajstić information content (AvgIpc) is 3.12. The Hall–Kier alpha value is -2.36. The van der Waals surface area contributed by atoms with Gasteiger partial charge in [-0.15, -0.1) is 0 Å². The number of nitrogens with one attached hydrogen (secondary N) is 2. The smallest absolute Gasteiger partial charge is 0.328 e. The first-order chi connectivity index (χ1) is 8.57. The lowest BCUT2D eigenvalue weighted by atomic mass is 10.1. The summed E-state index contributed by atoms with van der Waals surface area (Å²) in [4.78, 5) is 35.9. The highest BCUT2D eigenvalue weighted by molar-refractivity contribution is 5.88. The zero-order chi connectivity index (χ0) is 13.2. The molecule has 7 nitrogen and oxygen atoms in total. The molecule has 0 radical (unpaired) electrons. The molecule has 1 heterocycles. The zero-order valence-corrected chi connectivity index (χ0v) is 9.60. The monoisotopic (exact) mass is 248 g/mol. The normalized spacial score (nSPS) is 15.7. The summed E-state index contributed by atoms with van der Waals surface area (Å²) in [5, 5.41) is 11.4. The van der Waals surface area contributed by atoms with Gasteiger partial charge in [-0.1, -0.05) is 0 Å². The number of hydrogen-bond donors (Lipinski definition) is 2. The van der Waals surface area contributed by atoms with Gasteiger partial charge in [0.1, 0.15) is 5.41 Å². The van der Waals surface area contributed by atoms with Gasteiger partial charge >= 0.3 is 5.69 Å². The second-order valence-corrected chi connectivity index (χ2v) is 4.25. The number of carbonyl (C=O) groups is 1. The van der Waals surface area contributed by atoms with Crippen LogP contribution in [-0.4, -0.2) is 22.0 Å². The second-order valence-electron chi connectivity index (χ2n) is 4.25. The van der Waals surface area contributed by atoms with E-state index in [1.165, 1.54) is 16.8 Å². The van der Waals surface area contributed by atoms with Crippen LogP contribution in [0.1, 0.15) is 12.8 Å². The fraction of sp³-hybridized carbons (Fsp3) is 0.455. The lowest BCUT2D eigenvalue weighted by Crippen LogP contribution is -2.36. The van der Waals surface area contributed by atoms with Crippen molar-refractivity contribution < 1.29 is 4.79 Å². The van der Waals surface area contributed by atoms with Gasteiger partial charge in [0.05, 0.1) is 6.07 Å². The molecule has 1 fully saturated rings. The van der Waals surface area contributed by atoms with Gasteiger partial charge in [-0.2, -0.15) is 5.26 Å². The minimum Gasteiger partial charge on any atom is -0.353 e. The van der Waals surface area contributed by atoms with E-state index in [0.717, 1.165) is 0 Å². The Labute approximate surface area is 102 Å². The van der Waals surface area contributed by atoms with Crippen LogP contribution in [0, 0.1) is 16.7 Å². The average molecular weight is 248 g/mol. The van der Waals surface area contributed by atoms with Gasteiger partial charge in [-0.3, -0.25) is 19.1 Å². The minimum atomic E-state index is -0.851. The molecule has 18 heavy (non-hydrogen) atoms. The third-order valence-electron chi connectivity index (χ3n) is 2.93. The number of hydrogen-bond acceptors (Lipinski definition) is 4. The number of aromatic nitrogens is 2. The van der Waals surface area contributed by atoms with Crippen molar-refractivity contribution in [3.8, 4) is 6.07 Å². The van der Waals surface area contributed by atoms with E-state index in [1.54, 1.807) is 0 Å². The number of rotatable bonds is 4. The molecular weight excluding hydrogens is 236 g/mol. The fourth-order valence-corrected chi connectivity index (χ4v) is 1.59. The number of nitrogens with zero attached hydrogens (tertiary/aromatic N) is 2. The lowest BCUT2D eigenvalue weighted by Gasteiger charge is -2.08. The molecule has 1 aromatic heterocycles. The molecule has 0 spiro atoms. The van der Waals surface area contributed by atoms with E-state index in [-0.39, 0.29) is 19.0 Å². The predicted octanol–water partition coefficient (Wildman–Crippen LogP) is -1.04. The summed E-state index contributed by atoms with van der Waals surface area (Å²) in [6.07, 6.45) is 2.55. The molecule has 0 aromatic carbocycles. The van der Waals surface area contributed by atoms with Crippen LogP contribution in [0.3, 0.4) is 0 Å². The highest BCUT2D eigenvalue weighted by Crippen LogP contribution is 2.44. The molecular formula is C11H12N4O3. The molecule has 2 N–H and O–H groups in total. The Kier molecular flexibility index (Phi) is 3.02. The SMILES string of the molecule is N#CC1(C(=O)NCCn2ccc(=O)[nH]c2=O)CC1. The van der Waals surface area contributed by atoms with Gasteiger partial charge in [0.25, 0.3) is 5.56 Å². The van der Waals surface area contributed by atoms with E-state index >= 15 is 0 Å². The number of H-pyrrole nitrogens is 1. The van der Waals surface area contributed by atoms with Crippen molar-refractivity contribution in [2.45, 2.75) is 19.4 Å². The summed E-state index contributed by atoms with van der Waals surface area (Å²) in [7, 11) is 0. The maximum atomic E-state index is 11.6. The summed E-state index contributed by atoms with van der Waals surface area (Å²) >= 11 is 0. The van der Waals surface area contributed by atoms with E-state index in [2.05, 4.69) is 10.3 Å². The molecule has 0 unspecified atom stereocenters. The molecule has 0 bridgehead atoms. The third-order valence-corrected chi connectivity index (χ3v) is 2.93. The quantitative estimate of drug-likeness (QED) is 0.709. The van der Waals surface area contributed by atoms with Crippen LogP contribution in [0.25, 0.3) is 0 Å². The van der Waals surface area contributed by atoms with Crippen molar-refractivity contribution in [2.75, 3.05) is 6.54 Å². The van der Waals surface area contributed by atoms with Crippen LogP contribution in [0.4, 0.5) is 0 Å². The molecule has 7 heteroatoms. The topological polar surface area (TPSA) is 108 Å². The van der Waals surface area contributed by atoms with E-state index in [4.69, 9.17) is 5.26 Å². The molecule has 1 aromatic rings. The third kappa shape index (κ3) is 2.32. The fourth-order valence-electron chi connectivity index (χ4n) is 1.59. The highest BCUT2D eigenvalue weighted by atomic mass is 16.2. The van der Waals surface area contributed by atoms with Gasteiger partial charge in [0.15, 0.2) is 0 Å². The summed E-state index contributed by atoms with van der Waals surface area (Å²) in [5.74, 6) is -0.289. The zero-order valence-electron chi connectivity index (χ0n) is 9.60. The number of amides is 1. The van der Waals surface area contributed by atoms with Crippen LogP contribution >= 0.6 is 0 Å². The van der Waals surface area contributed by atoms with Gasteiger partial charge in [0, 0.05) is 25.4 Å². The maximum absolute atomic E-state index is 11.6. The maximum Gasteiger partial charge on any atom is 0.328 e. The second kappa shape index (κ2) is 4.49. The molecule has 0 atom stereocenters. The molecule has 1 amide bonds. The summed E-state index contributed by atoms with van der Waals surface area (Å²) in [6, 6.07) is 3.23. The Morgan fingerprint density at radius 2 is 2.28 bits per heavy atom.